The van der Waals surface area contributed by atoms with Crippen molar-refractivity contribution in [3.05, 3.63) is 65.5 Å². The third kappa shape index (κ3) is 4.44. The topological polar surface area (TPSA) is 65.0 Å². The van der Waals surface area contributed by atoms with Crippen molar-refractivity contribution in [2.24, 2.45) is 10.4 Å². The van der Waals surface area contributed by atoms with Gasteiger partial charge in [0.2, 0.25) is 10.0 Å². The van der Waals surface area contributed by atoms with Gasteiger partial charge in [-0.1, -0.05) is 12.1 Å². The third-order valence-electron chi connectivity index (χ3n) is 8.21. The SMILES string of the molecule is CC([C@@H]1CN=C(C23CC(N(Cc4ccc(C(F)(F)F)cc4)S(=O)(=O)c4ccc(F)cc4)(C2)C3)N1)N(C)C. The van der Waals surface area contributed by atoms with Crippen LogP contribution < -0.4 is 5.32 Å². The van der Waals surface area contributed by atoms with Crippen LogP contribution in [0.5, 0.6) is 0 Å². The number of hydrogen-bond acceptors (Lipinski definition) is 5. The molecule has 11 heteroatoms. The monoisotopic (exact) mass is 538 g/mol. The molecule has 0 aromatic heterocycles. The number of hydrogen-bond donors (Lipinski definition) is 1. The van der Waals surface area contributed by atoms with E-state index in [1.165, 1.54) is 28.6 Å². The fraction of sp³-hybridized carbons (Fsp3) is 0.500. The van der Waals surface area contributed by atoms with Gasteiger partial charge in [-0.15, -0.1) is 0 Å². The number of nitrogens with zero attached hydrogens (tertiary/aromatic N) is 3. The summed E-state index contributed by atoms with van der Waals surface area (Å²) in [5.74, 6) is 0.367. The molecule has 3 saturated carbocycles. The summed E-state index contributed by atoms with van der Waals surface area (Å²) in [7, 11) is -0.0161. The van der Waals surface area contributed by atoms with Gasteiger partial charge in [-0.3, -0.25) is 4.99 Å². The number of sulfonamides is 1. The zero-order chi connectivity index (χ0) is 26.8. The normalized spacial score (nSPS) is 27.9. The van der Waals surface area contributed by atoms with E-state index in [0.29, 0.717) is 31.4 Å². The molecule has 2 atom stereocenters. The van der Waals surface area contributed by atoms with Gasteiger partial charge >= 0.3 is 6.18 Å². The lowest BCUT2D eigenvalue weighted by Gasteiger charge is -2.72. The number of likely N-dealkylation sites (N-methyl/N-ethyl adjacent to an activating group) is 1. The minimum atomic E-state index is -4.48. The van der Waals surface area contributed by atoms with Crippen LogP contribution in [0.1, 0.15) is 37.3 Å². The summed E-state index contributed by atoms with van der Waals surface area (Å²) in [4.78, 5) is 6.83. The first-order valence-electron chi connectivity index (χ1n) is 12.2. The van der Waals surface area contributed by atoms with Crippen LogP contribution in [0.25, 0.3) is 0 Å². The lowest BCUT2D eigenvalue weighted by Crippen LogP contribution is -2.78. The second kappa shape index (κ2) is 8.78. The van der Waals surface area contributed by atoms with Crippen LogP contribution in [0.2, 0.25) is 0 Å². The highest BCUT2D eigenvalue weighted by atomic mass is 32.2. The van der Waals surface area contributed by atoms with Crippen molar-refractivity contribution in [1.29, 1.82) is 0 Å². The van der Waals surface area contributed by atoms with Gasteiger partial charge in [0.15, 0.2) is 0 Å². The molecule has 4 aliphatic rings. The summed E-state index contributed by atoms with van der Waals surface area (Å²) in [6, 6.07) is 9.64. The van der Waals surface area contributed by atoms with Gasteiger partial charge in [-0.05, 0) is 82.2 Å². The molecule has 1 heterocycles. The van der Waals surface area contributed by atoms with Crippen LogP contribution in [-0.4, -0.2) is 61.7 Å². The molecule has 2 bridgehead atoms. The van der Waals surface area contributed by atoms with Crippen molar-refractivity contribution in [3.63, 3.8) is 0 Å². The molecule has 37 heavy (non-hydrogen) atoms. The van der Waals surface area contributed by atoms with Gasteiger partial charge in [0.25, 0.3) is 0 Å². The van der Waals surface area contributed by atoms with Gasteiger partial charge in [0.1, 0.15) is 11.7 Å². The molecule has 6 nitrogen and oxygen atoms in total. The Morgan fingerprint density at radius 2 is 1.65 bits per heavy atom. The van der Waals surface area contributed by atoms with Gasteiger partial charge in [-0.25, -0.2) is 12.8 Å². The highest BCUT2D eigenvalue weighted by Gasteiger charge is 2.74. The molecule has 0 radical (unpaired) electrons. The third-order valence-corrected chi connectivity index (χ3v) is 10.2. The molecule has 0 saturated heterocycles. The average Bonchev–Trinajstić information content (AvgIpc) is 3.26. The van der Waals surface area contributed by atoms with E-state index in [9.17, 15) is 26.0 Å². The number of halogens is 4. The van der Waals surface area contributed by atoms with E-state index in [-0.39, 0.29) is 28.9 Å². The van der Waals surface area contributed by atoms with Gasteiger partial charge in [0.05, 0.1) is 23.0 Å². The molecular weight excluding hydrogens is 508 g/mol. The van der Waals surface area contributed by atoms with E-state index in [1.807, 2.05) is 14.1 Å². The number of rotatable bonds is 8. The van der Waals surface area contributed by atoms with Gasteiger partial charge in [0, 0.05) is 23.5 Å². The smallest absolute Gasteiger partial charge is 0.367 e. The van der Waals surface area contributed by atoms with E-state index in [0.717, 1.165) is 30.1 Å². The Hall–Kier alpha value is -2.50. The maximum Gasteiger partial charge on any atom is 0.416 e. The zero-order valence-electron chi connectivity index (χ0n) is 20.9. The predicted molar refractivity (Wildman–Crippen MR) is 132 cm³/mol. The van der Waals surface area contributed by atoms with Gasteiger partial charge < -0.3 is 10.2 Å². The van der Waals surface area contributed by atoms with Crippen molar-refractivity contribution in [2.75, 3.05) is 20.6 Å². The Morgan fingerprint density at radius 3 is 2.19 bits per heavy atom. The predicted octanol–water partition coefficient (Wildman–Crippen LogP) is 4.28. The van der Waals surface area contributed by atoms with E-state index in [2.05, 4.69) is 17.1 Å². The Labute approximate surface area is 214 Å². The number of amidine groups is 1. The summed E-state index contributed by atoms with van der Waals surface area (Å²) < 4.78 is 81.5. The minimum absolute atomic E-state index is 0.0456. The fourth-order valence-corrected chi connectivity index (χ4v) is 7.62. The summed E-state index contributed by atoms with van der Waals surface area (Å²) in [6.07, 6.45) is -2.74. The van der Waals surface area contributed by atoms with Crippen LogP contribution in [0, 0.1) is 11.2 Å². The second-order valence-corrected chi connectivity index (χ2v) is 12.7. The molecule has 3 fully saturated rings. The minimum Gasteiger partial charge on any atom is -0.367 e. The van der Waals surface area contributed by atoms with Crippen LogP contribution >= 0.6 is 0 Å². The Balaban J connectivity index is 1.39. The van der Waals surface area contributed by atoms with E-state index in [1.54, 1.807) is 0 Å². The maximum atomic E-state index is 13.8. The lowest BCUT2D eigenvalue weighted by molar-refractivity contribution is -0.151. The molecule has 2 aromatic carbocycles. The molecule has 2 aromatic rings. The molecule has 0 spiro atoms. The molecule has 1 N–H and O–H groups in total. The summed E-state index contributed by atoms with van der Waals surface area (Å²) in [6.45, 7) is 2.71. The molecule has 6 rings (SSSR count). The van der Waals surface area contributed by atoms with Crippen molar-refractivity contribution in [2.45, 2.75) is 61.4 Å². The van der Waals surface area contributed by atoms with Crippen LogP contribution in [-0.2, 0) is 22.7 Å². The fourth-order valence-electron chi connectivity index (χ4n) is 5.87. The molecule has 1 aliphatic heterocycles. The highest BCUT2D eigenvalue weighted by molar-refractivity contribution is 7.89. The van der Waals surface area contributed by atoms with Crippen molar-refractivity contribution in [1.82, 2.24) is 14.5 Å². The molecule has 0 amide bonds. The average molecular weight is 539 g/mol. The molecule has 200 valence electrons. The van der Waals surface area contributed by atoms with Gasteiger partial charge in [-0.2, -0.15) is 17.5 Å². The van der Waals surface area contributed by atoms with Crippen LogP contribution in [0.4, 0.5) is 17.6 Å². The maximum absolute atomic E-state index is 13.8. The zero-order valence-corrected chi connectivity index (χ0v) is 21.7. The van der Waals surface area contributed by atoms with Crippen LogP contribution in [0.3, 0.4) is 0 Å². The number of benzene rings is 2. The Bertz CT molecular complexity index is 1290. The van der Waals surface area contributed by atoms with Crippen molar-refractivity contribution < 1.29 is 26.0 Å². The van der Waals surface area contributed by atoms with E-state index < -0.39 is 33.1 Å². The largest absolute Gasteiger partial charge is 0.416 e. The number of aliphatic imine (C=N–C) groups is 1. The first-order chi connectivity index (χ1) is 17.3. The molecule has 3 aliphatic carbocycles. The van der Waals surface area contributed by atoms with E-state index in [4.69, 9.17) is 4.99 Å². The quantitative estimate of drug-likeness (QED) is 0.510. The number of nitrogens with one attached hydrogen (secondary N) is 1. The van der Waals surface area contributed by atoms with Crippen molar-refractivity contribution >= 4 is 15.9 Å². The number of alkyl halides is 3. The van der Waals surface area contributed by atoms with E-state index >= 15 is 0 Å². The summed E-state index contributed by atoms with van der Waals surface area (Å²) in [5, 5.41) is 3.55. The summed E-state index contributed by atoms with van der Waals surface area (Å²) >= 11 is 0. The first kappa shape index (κ1) is 26.1. The van der Waals surface area contributed by atoms with Crippen LogP contribution in [0.15, 0.2) is 58.4 Å². The Kier molecular flexibility index (Phi) is 6.20. The first-order valence-corrected chi connectivity index (χ1v) is 13.6. The van der Waals surface area contributed by atoms with Crippen molar-refractivity contribution in [3.8, 4) is 0 Å². The lowest BCUT2D eigenvalue weighted by atomic mass is 9.38. The summed E-state index contributed by atoms with van der Waals surface area (Å²) in [5.41, 5.74) is -1.21. The standard InChI is InChI=1S/C26H30F4N4O2S/c1-17(33(2)3)22-12-31-23(32-22)24-14-25(15-24,16-24)34(37(35,36)21-10-8-20(27)9-11-21)13-18-4-6-19(7-5-18)26(28,29)30/h4-11,17,22H,12-16H2,1-3H3,(H,31,32)/t17?,22-,24?,25?/m0/s1. The second-order valence-electron chi connectivity index (χ2n) is 10.8. The Morgan fingerprint density at radius 1 is 1.05 bits per heavy atom. The molecule has 1 unspecified atom stereocenters. The highest BCUT2D eigenvalue weighted by Crippen LogP contribution is 2.71. The molecular formula is C26H30F4N4O2S.